The highest BCUT2D eigenvalue weighted by Crippen LogP contribution is 2.40. The molecule has 0 aromatic heterocycles. The molecule has 1 aromatic carbocycles. The predicted octanol–water partition coefficient (Wildman–Crippen LogP) is 5.71. The third-order valence-corrected chi connectivity index (χ3v) is 5.19. The second-order valence-corrected chi connectivity index (χ2v) is 9.08. The van der Waals surface area contributed by atoms with Crippen LogP contribution in [-0.2, 0) is 0 Å². The van der Waals surface area contributed by atoms with Crippen molar-refractivity contribution < 1.29 is 13.2 Å². The molecule has 1 aliphatic rings. The molecule has 2 nitrogen and oxygen atoms in total. The van der Waals surface area contributed by atoms with E-state index in [1.807, 2.05) is 24.3 Å². The first kappa shape index (κ1) is 25.9. The smallest absolute Gasteiger partial charge is 0.314 e. The summed E-state index contributed by atoms with van der Waals surface area (Å²) in [7, 11) is 0. The zero-order valence-corrected chi connectivity index (χ0v) is 17.9. The highest BCUT2D eigenvalue weighted by Gasteiger charge is 2.32. The van der Waals surface area contributed by atoms with Gasteiger partial charge in [-0.05, 0) is 18.1 Å². The van der Waals surface area contributed by atoms with E-state index >= 15 is 0 Å². The number of hydrogen-bond donors (Lipinski definition) is 1. The van der Waals surface area contributed by atoms with E-state index in [-0.39, 0.29) is 42.0 Å². The molecule has 0 aliphatic carbocycles. The Balaban J connectivity index is 0.00000312. The van der Waals surface area contributed by atoms with Crippen LogP contribution in [0, 0.1) is 0 Å². The van der Waals surface area contributed by atoms with Crippen LogP contribution in [0.25, 0.3) is 0 Å². The van der Waals surface area contributed by atoms with E-state index in [2.05, 4.69) is 31.0 Å². The molecule has 1 N–H and O–H groups in total. The molecule has 26 heavy (non-hydrogen) atoms. The standard InChI is InChI=1S/C18H27F3N2S.2ClH/c1-17(2,3)24-16-7-5-4-6-14(16)15(8-9-18(19,20)21)23-12-10-22-11-13-23;;/h4-7,15,22H,8-13H2,1-3H3;2*1H/t15-;;/m0../s1. The molecular weight excluding hydrogens is 404 g/mol. The van der Waals surface area contributed by atoms with Crippen LogP contribution >= 0.6 is 36.6 Å². The summed E-state index contributed by atoms with van der Waals surface area (Å²) in [5.41, 5.74) is 1.03. The van der Waals surface area contributed by atoms with Crippen molar-refractivity contribution in [3.8, 4) is 0 Å². The first-order chi connectivity index (χ1) is 11.2. The first-order valence-corrected chi connectivity index (χ1v) is 9.27. The van der Waals surface area contributed by atoms with Gasteiger partial charge < -0.3 is 5.32 Å². The summed E-state index contributed by atoms with van der Waals surface area (Å²) in [4.78, 5) is 3.29. The fourth-order valence-electron chi connectivity index (χ4n) is 3.01. The van der Waals surface area contributed by atoms with Gasteiger partial charge in [-0.1, -0.05) is 39.0 Å². The number of halogens is 5. The third-order valence-electron chi connectivity index (χ3n) is 3.99. The van der Waals surface area contributed by atoms with E-state index in [0.717, 1.165) is 36.6 Å². The van der Waals surface area contributed by atoms with Gasteiger partial charge in [-0.3, -0.25) is 4.90 Å². The lowest BCUT2D eigenvalue weighted by Crippen LogP contribution is -2.45. The van der Waals surface area contributed by atoms with Crippen LogP contribution in [0.15, 0.2) is 29.2 Å². The normalized spacial score (nSPS) is 17.2. The average Bonchev–Trinajstić information content (AvgIpc) is 2.47. The van der Waals surface area contributed by atoms with Crippen LogP contribution < -0.4 is 5.32 Å². The number of rotatable bonds is 5. The number of alkyl halides is 3. The summed E-state index contributed by atoms with van der Waals surface area (Å²) >= 11 is 1.73. The molecule has 0 radical (unpaired) electrons. The van der Waals surface area contributed by atoms with Crippen molar-refractivity contribution in [1.82, 2.24) is 10.2 Å². The molecule has 0 bridgehead atoms. The quantitative estimate of drug-likeness (QED) is 0.599. The molecule has 0 spiro atoms. The Labute approximate surface area is 171 Å². The number of nitrogens with one attached hydrogen (secondary N) is 1. The second-order valence-electron chi connectivity index (χ2n) is 7.21. The maximum absolute atomic E-state index is 12.8. The Bertz CT molecular complexity index is 530. The van der Waals surface area contributed by atoms with Crippen LogP contribution in [0.5, 0.6) is 0 Å². The van der Waals surface area contributed by atoms with Gasteiger partial charge in [0.1, 0.15) is 0 Å². The monoisotopic (exact) mass is 432 g/mol. The molecule has 1 saturated heterocycles. The van der Waals surface area contributed by atoms with Crippen molar-refractivity contribution in [1.29, 1.82) is 0 Å². The lowest BCUT2D eigenvalue weighted by Gasteiger charge is -2.36. The summed E-state index contributed by atoms with van der Waals surface area (Å²) < 4.78 is 38.5. The van der Waals surface area contributed by atoms with E-state index in [4.69, 9.17) is 0 Å². The van der Waals surface area contributed by atoms with E-state index in [0.29, 0.717) is 0 Å². The maximum Gasteiger partial charge on any atom is 0.389 e. The molecule has 1 aliphatic heterocycles. The van der Waals surface area contributed by atoms with Crippen molar-refractivity contribution in [3.63, 3.8) is 0 Å². The van der Waals surface area contributed by atoms with Gasteiger partial charge in [-0.25, -0.2) is 0 Å². The third kappa shape index (κ3) is 8.70. The molecule has 1 fully saturated rings. The zero-order chi connectivity index (χ0) is 17.8. The molecule has 152 valence electrons. The van der Waals surface area contributed by atoms with Gasteiger partial charge in [0.15, 0.2) is 0 Å². The molecule has 1 aromatic rings. The minimum atomic E-state index is -4.11. The SMILES string of the molecule is CC(C)(C)Sc1ccccc1[C@H](CCC(F)(F)F)N1CCNCC1.Cl.Cl. The largest absolute Gasteiger partial charge is 0.389 e. The highest BCUT2D eigenvalue weighted by atomic mass is 35.5. The number of hydrogen-bond acceptors (Lipinski definition) is 3. The van der Waals surface area contributed by atoms with E-state index in [1.54, 1.807) is 11.8 Å². The van der Waals surface area contributed by atoms with Crippen LogP contribution in [0.2, 0.25) is 0 Å². The molecule has 8 heteroatoms. The second kappa shape index (κ2) is 11.0. The Morgan fingerprint density at radius 2 is 1.65 bits per heavy atom. The number of benzene rings is 1. The summed E-state index contributed by atoms with van der Waals surface area (Å²) in [6, 6.07) is 7.76. The van der Waals surface area contributed by atoms with Gasteiger partial charge in [0.05, 0.1) is 0 Å². The van der Waals surface area contributed by atoms with Crippen LogP contribution in [0.4, 0.5) is 13.2 Å². The van der Waals surface area contributed by atoms with Gasteiger partial charge in [-0.15, -0.1) is 36.6 Å². The molecular formula is C18H29Cl2F3N2S. The number of nitrogens with zero attached hydrogens (tertiary/aromatic N) is 1. The number of thioether (sulfide) groups is 1. The van der Waals surface area contributed by atoms with Crippen molar-refractivity contribution in [2.75, 3.05) is 26.2 Å². The first-order valence-electron chi connectivity index (χ1n) is 8.45. The van der Waals surface area contributed by atoms with Gasteiger partial charge >= 0.3 is 6.18 Å². The molecule has 0 saturated carbocycles. The van der Waals surface area contributed by atoms with Crippen LogP contribution in [0.3, 0.4) is 0 Å². The Hall–Kier alpha value is -0.140. The van der Waals surface area contributed by atoms with Crippen molar-refractivity contribution in [2.45, 2.75) is 55.5 Å². The Morgan fingerprint density at radius 1 is 1.08 bits per heavy atom. The van der Waals surface area contributed by atoms with Gasteiger partial charge in [-0.2, -0.15) is 13.2 Å². The lowest BCUT2D eigenvalue weighted by molar-refractivity contribution is -0.138. The van der Waals surface area contributed by atoms with Crippen LogP contribution in [-0.4, -0.2) is 42.0 Å². The van der Waals surface area contributed by atoms with E-state index < -0.39 is 12.6 Å². The average molecular weight is 433 g/mol. The Kier molecular flexibility index (Phi) is 10.9. The number of piperazine rings is 1. The summed E-state index contributed by atoms with van der Waals surface area (Å²) in [6.07, 6.45) is -4.74. The van der Waals surface area contributed by atoms with E-state index in [1.165, 1.54) is 0 Å². The highest BCUT2D eigenvalue weighted by molar-refractivity contribution is 8.00. The van der Waals surface area contributed by atoms with E-state index in [9.17, 15) is 13.2 Å². The summed E-state index contributed by atoms with van der Waals surface area (Å²) in [5, 5.41) is 3.28. The molecule has 0 amide bonds. The molecule has 1 atom stereocenters. The van der Waals surface area contributed by atoms with Crippen molar-refractivity contribution in [2.24, 2.45) is 0 Å². The molecule has 2 rings (SSSR count). The Morgan fingerprint density at radius 3 is 2.19 bits per heavy atom. The van der Waals surface area contributed by atoms with Crippen molar-refractivity contribution >= 4 is 36.6 Å². The van der Waals surface area contributed by atoms with Gasteiger partial charge in [0, 0.05) is 48.3 Å². The van der Waals surface area contributed by atoms with Gasteiger partial charge in [0.25, 0.3) is 0 Å². The van der Waals surface area contributed by atoms with Crippen molar-refractivity contribution in [3.05, 3.63) is 29.8 Å². The summed E-state index contributed by atoms with van der Waals surface area (Å²) in [6.45, 7) is 9.63. The molecule has 0 unspecified atom stereocenters. The minimum absolute atomic E-state index is 0. The minimum Gasteiger partial charge on any atom is -0.314 e. The summed E-state index contributed by atoms with van der Waals surface area (Å²) in [5.74, 6) is 0. The maximum atomic E-state index is 12.8. The fraction of sp³-hybridized carbons (Fsp3) is 0.667. The fourth-order valence-corrected chi connectivity index (χ4v) is 4.14. The predicted molar refractivity (Wildman–Crippen MR) is 109 cm³/mol. The van der Waals surface area contributed by atoms with Gasteiger partial charge in [0.2, 0.25) is 0 Å². The topological polar surface area (TPSA) is 15.3 Å². The van der Waals surface area contributed by atoms with Crippen LogP contribution in [0.1, 0.15) is 45.2 Å². The molecule has 1 heterocycles. The lowest BCUT2D eigenvalue weighted by atomic mass is 9.99. The zero-order valence-electron chi connectivity index (χ0n) is 15.4.